The van der Waals surface area contributed by atoms with Crippen LogP contribution in [0.3, 0.4) is 0 Å². The summed E-state index contributed by atoms with van der Waals surface area (Å²) in [5, 5.41) is 0. The van der Waals surface area contributed by atoms with Crippen LogP contribution in [-0.4, -0.2) is 40.3 Å². The van der Waals surface area contributed by atoms with Crippen LogP contribution in [0.2, 0.25) is 0 Å². The van der Waals surface area contributed by atoms with Gasteiger partial charge in [0.15, 0.2) is 0 Å². The standard InChI is InChI=1S/C24H28F2N2O3/c1-23(25,26)16-28-10-7-18(14-22(28)29)17-5-6-21-19(13-17)15-30-24(31-21)8-11-27(12-9-24)20-3-2-4-20/h5-7,10,13-14,20H,2-4,8-9,11-12,15-16H2,1H3. The predicted molar refractivity (Wildman–Crippen MR) is 113 cm³/mol. The number of likely N-dealkylation sites (tertiary alicyclic amines) is 1. The fourth-order valence-corrected chi connectivity index (χ4v) is 4.76. The highest BCUT2D eigenvalue weighted by molar-refractivity contribution is 5.65. The number of rotatable bonds is 4. The lowest BCUT2D eigenvalue weighted by molar-refractivity contribution is -0.231. The quantitative estimate of drug-likeness (QED) is 0.720. The predicted octanol–water partition coefficient (Wildman–Crippen LogP) is 4.42. The molecule has 7 heteroatoms. The number of piperidine rings is 1. The summed E-state index contributed by atoms with van der Waals surface area (Å²) in [6.07, 6.45) is 7.12. The van der Waals surface area contributed by atoms with Gasteiger partial charge in [0.05, 0.1) is 13.2 Å². The molecule has 1 spiro atoms. The van der Waals surface area contributed by atoms with Crippen molar-refractivity contribution in [3.8, 4) is 16.9 Å². The summed E-state index contributed by atoms with van der Waals surface area (Å²) >= 11 is 0. The second-order valence-electron chi connectivity index (χ2n) is 9.20. The fourth-order valence-electron chi connectivity index (χ4n) is 4.76. The number of hydrogen-bond acceptors (Lipinski definition) is 4. The summed E-state index contributed by atoms with van der Waals surface area (Å²) in [6.45, 7) is 2.65. The average molecular weight is 430 g/mol. The van der Waals surface area contributed by atoms with Crippen molar-refractivity contribution in [3.63, 3.8) is 0 Å². The van der Waals surface area contributed by atoms with E-state index in [-0.39, 0.29) is 0 Å². The Morgan fingerprint density at radius 2 is 1.87 bits per heavy atom. The van der Waals surface area contributed by atoms with Gasteiger partial charge in [0.25, 0.3) is 11.5 Å². The van der Waals surface area contributed by atoms with E-state index in [4.69, 9.17) is 9.47 Å². The third-order valence-corrected chi connectivity index (χ3v) is 6.78. The smallest absolute Gasteiger partial charge is 0.263 e. The van der Waals surface area contributed by atoms with Gasteiger partial charge >= 0.3 is 0 Å². The highest BCUT2D eigenvalue weighted by Gasteiger charge is 2.42. The van der Waals surface area contributed by atoms with Crippen LogP contribution < -0.4 is 10.3 Å². The van der Waals surface area contributed by atoms with E-state index in [9.17, 15) is 13.6 Å². The maximum Gasteiger partial charge on any atom is 0.263 e. The summed E-state index contributed by atoms with van der Waals surface area (Å²) in [5.74, 6) is -2.65. The van der Waals surface area contributed by atoms with Crippen LogP contribution in [0.1, 0.15) is 44.6 Å². The molecule has 1 saturated carbocycles. The summed E-state index contributed by atoms with van der Waals surface area (Å²) in [7, 11) is 0. The molecule has 0 bridgehead atoms. The highest BCUT2D eigenvalue weighted by atomic mass is 19.3. The first-order valence-electron chi connectivity index (χ1n) is 11.1. The molecule has 3 aliphatic rings. The Bertz CT molecular complexity index is 1020. The molecule has 2 fully saturated rings. The Morgan fingerprint density at radius 3 is 2.52 bits per heavy atom. The molecule has 166 valence electrons. The van der Waals surface area contributed by atoms with Gasteiger partial charge in [0.2, 0.25) is 5.79 Å². The van der Waals surface area contributed by atoms with Crippen LogP contribution in [0.4, 0.5) is 8.78 Å². The molecule has 31 heavy (non-hydrogen) atoms. The molecule has 0 unspecified atom stereocenters. The third-order valence-electron chi connectivity index (χ3n) is 6.78. The van der Waals surface area contributed by atoms with Gasteiger partial charge in [-0.25, -0.2) is 8.78 Å². The zero-order valence-electron chi connectivity index (χ0n) is 17.8. The molecular weight excluding hydrogens is 402 g/mol. The highest BCUT2D eigenvalue weighted by Crippen LogP contribution is 2.40. The Balaban J connectivity index is 1.30. The lowest BCUT2D eigenvalue weighted by Gasteiger charge is -2.47. The number of alkyl halides is 2. The first kappa shape index (κ1) is 20.6. The molecule has 1 aromatic heterocycles. The number of aromatic nitrogens is 1. The Hall–Kier alpha value is -2.25. The van der Waals surface area contributed by atoms with E-state index < -0.39 is 23.8 Å². The van der Waals surface area contributed by atoms with Crippen LogP contribution in [0, 0.1) is 0 Å². The second kappa shape index (κ2) is 7.71. The second-order valence-corrected chi connectivity index (χ2v) is 9.20. The largest absolute Gasteiger partial charge is 0.462 e. The van der Waals surface area contributed by atoms with Crippen molar-refractivity contribution in [3.05, 3.63) is 52.4 Å². The lowest BCUT2D eigenvalue weighted by atomic mass is 9.89. The number of pyridine rings is 1. The summed E-state index contributed by atoms with van der Waals surface area (Å²) < 4.78 is 40.1. The van der Waals surface area contributed by atoms with Crippen LogP contribution in [0.25, 0.3) is 11.1 Å². The van der Waals surface area contributed by atoms with E-state index in [1.54, 1.807) is 6.07 Å². The zero-order valence-corrected chi connectivity index (χ0v) is 17.8. The molecule has 1 aromatic carbocycles. The molecule has 5 rings (SSSR count). The molecule has 5 nitrogen and oxygen atoms in total. The number of hydrogen-bond donors (Lipinski definition) is 0. The number of ether oxygens (including phenoxy) is 2. The molecule has 0 N–H and O–H groups in total. The molecule has 1 saturated heterocycles. The van der Waals surface area contributed by atoms with E-state index in [0.29, 0.717) is 12.2 Å². The summed E-state index contributed by atoms with van der Waals surface area (Å²) in [6, 6.07) is 9.63. The lowest BCUT2D eigenvalue weighted by Crippen LogP contribution is -2.54. The number of halogens is 2. The Labute approximate surface area is 180 Å². The molecule has 0 atom stereocenters. The molecule has 2 aromatic rings. The average Bonchev–Trinajstić information content (AvgIpc) is 2.69. The van der Waals surface area contributed by atoms with Crippen LogP contribution >= 0.6 is 0 Å². The van der Waals surface area contributed by atoms with Crippen molar-refractivity contribution in [2.24, 2.45) is 0 Å². The molecule has 0 amide bonds. The molecular formula is C24H28F2N2O3. The van der Waals surface area contributed by atoms with Crippen molar-refractivity contribution >= 4 is 0 Å². The van der Waals surface area contributed by atoms with Crippen LogP contribution in [0.5, 0.6) is 5.75 Å². The van der Waals surface area contributed by atoms with Crippen molar-refractivity contribution < 1.29 is 18.3 Å². The minimum atomic E-state index is -2.93. The first-order chi connectivity index (χ1) is 14.8. The summed E-state index contributed by atoms with van der Waals surface area (Å²) in [5.41, 5.74) is 2.03. The van der Waals surface area contributed by atoms with E-state index in [1.807, 2.05) is 18.2 Å². The van der Waals surface area contributed by atoms with E-state index in [0.717, 1.165) is 60.3 Å². The molecule has 1 aliphatic carbocycles. The van der Waals surface area contributed by atoms with Gasteiger partial charge < -0.3 is 14.0 Å². The van der Waals surface area contributed by atoms with Crippen molar-refractivity contribution in [1.82, 2.24) is 9.47 Å². The number of fused-ring (bicyclic) bond motifs is 1. The van der Waals surface area contributed by atoms with Crippen LogP contribution in [0.15, 0.2) is 41.3 Å². The van der Waals surface area contributed by atoms with Gasteiger partial charge in [-0.3, -0.25) is 9.69 Å². The zero-order chi connectivity index (χ0) is 21.6. The Morgan fingerprint density at radius 1 is 1.13 bits per heavy atom. The van der Waals surface area contributed by atoms with Gasteiger partial charge in [-0.2, -0.15) is 0 Å². The van der Waals surface area contributed by atoms with Gasteiger partial charge in [-0.1, -0.05) is 12.5 Å². The number of nitrogens with zero attached hydrogens (tertiary/aromatic N) is 2. The van der Waals surface area contributed by atoms with Crippen molar-refractivity contribution in [1.29, 1.82) is 0 Å². The van der Waals surface area contributed by atoms with Gasteiger partial charge in [-0.15, -0.1) is 0 Å². The first-order valence-corrected chi connectivity index (χ1v) is 11.1. The molecule has 0 radical (unpaired) electrons. The maximum atomic E-state index is 13.2. The topological polar surface area (TPSA) is 43.7 Å². The van der Waals surface area contributed by atoms with E-state index in [1.165, 1.54) is 31.5 Å². The molecule has 3 heterocycles. The van der Waals surface area contributed by atoms with Gasteiger partial charge in [-0.05, 0) is 42.2 Å². The molecule has 2 aliphatic heterocycles. The monoisotopic (exact) mass is 430 g/mol. The van der Waals surface area contributed by atoms with E-state index in [2.05, 4.69) is 4.90 Å². The fraction of sp³-hybridized carbons (Fsp3) is 0.542. The van der Waals surface area contributed by atoms with Crippen LogP contribution in [-0.2, 0) is 17.9 Å². The van der Waals surface area contributed by atoms with Gasteiger partial charge in [0.1, 0.15) is 5.75 Å². The normalized spacial score (nSPS) is 21.4. The minimum absolute atomic E-state index is 0.443. The maximum absolute atomic E-state index is 13.2. The van der Waals surface area contributed by atoms with Gasteiger partial charge in [0, 0.05) is 56.7 Å². The minimum Gasteiger partial charge on any atom is -0.462 e. The third kappa shape index (κ3) is 4.26. The van der Waals surface area contributed by atoms with E-state index >= 15 is 0 Å². The van der Waals surface area contributed by atoms with Crippen molar-refractivity contribution in [2.75, 3.05) is 13.1 Å². The summed E-state index contributed by atoms with van der Waals surface area (Å²) in [4.78, 5) is 14.8. The number of benzene rings is 1. The van der Waals surface area contributed by atoms with Crippen molar-refractivity contribution in [2.45, 2.75) is 69.9 Å². The Kier molecular flexibility index (Phi) is 5.13. The SMILES string of the molecule is CC(F)(F)Cn1ccc(-c2ccc3c(c2)COC2(CCN(C4CCC4)CC2)O3)cc1=O.